The minimum Gasteiger partial charge on any atom is -0.299 e. The molecule has 110 valence electrons. The van der Waals surface area contributed by atoms with Crippen molar-refractivity contribution in [1.29, 1.82) is 0 Å². The van der Waals surface area contributed by atoms with E-state index in [1.165, 1.54) is 6.07 Å². The lowest BCUT2D eigenvalue weighted by molar-refractivity contribution is 0.509. The van der Waals surface area contributed by atoms with Crippen LogP contribution >= 0.6 is 7.29 Å². The first-order valence-electron chi connectivity index (χ1n) is 6.87. The highest BCUT2D eigenvalue weighted by atomic mass is 31.2. The van der Waals surface area contributed by atoms with Crippen molar-refractivity contribution in [3.05, 3.63) is 36.3 Å². The normalized spacial score (nSPS) is 13.9. The minimum atomic E-state index is -2.81. The molecular formula is C16H23FNOP. The molecule has 0 aliphatic carbocycles. The number of hydrogen-bond donors (Lipinski definition) is 0. The Balaban J connectivity index is 2.85. The number of nitrogens with zero attached hydrogens (tertiary/aromatic N) is 1. The van der Waals surface area contributed by atoms with Crippen LogP contribution in [0.1, 0.15) is 41.5 Å². The van der Waals surface area contributed by atoms with Gasteiger partial charge in [0.15, 0.2) is 7.29 Å². The fourth-order valence-electron chi connectivity index (χ4n) is 3.01. The molecule has 0 saturated carbocycles. The standard InChI is InChI=1S/C16H23FNOP/c1-15(2,3)20(19,16(4,5)6)18-11-10-12-13(17)8-7-9-14(12)18/h7-11H,1-6H3. The summed E-state index contributed by atoms with van der Waals surface area (Å²) in [5, 5.41) is -0.270. The van der Waals surface area contributed by atoms with Gasteiger partial charge >= 0.3 is 0 Å². The van der Waals surface area contributed by atoms with Gasteiger partial charge in [-0.15, -0.1) is 0 Å². The molecule has 1 heterocycles. The predicted molar refractivity (Wildman–Crippen MR) is 84.4 cm³/mol. The van der Waals surface area contributed by atoms with Crippen LogP contribution in [-0.4, -0.2) is 14.6 Å². The molecule has 2 nitrogen and oxygen atoms in total. The van der Waals surface area contributed by atoms with Crippen molar-refractivity contribution >= 4 is 18.2 Å². The van der Waals surface area contributed by atoms with Crippen LogP contribution in [0.3, 0.4) is 0 Å². The Hall–Kier alpha value is -1.08. The van der Waals surface area contributed by atoms with E-state index in [0.29, 0.717) is 10.9 Å². The van der Waals surface area contributed by atoms with Crippen LogP contribution in [0.5, 0.6) is 0 Å². The van der Waals surface area contributed by atoms with Gasteiger partial charge in [-0.1, -0.05) is 47.6 Å². The van der Waals surface area contributed by atoms with Crippen molar-refractivity contribution in [2.45, 2.75) is 51.9 Å². The van der Waals surface area contributed by atoms with E-state index in [1.807, 2.05) is 51.9 Å². The van der Waals surface area contributed by atoms with Gasteiger partial charge in [0.1, 0.15) is 5.82 Å². The average molecular weight is 295 g/mol. The summed E-state index contributed by atoms with van der Waals surface area (Å²) in [4.78, 5) is 0. The van der Waals surface area contributed by atoms with Gasteiger partial charge in [0.2, 0.25) is 0 Å². The average Bonchev–Trinajstić information content (AvgIpc) is 2.70. The molecule has 0 N–H and O–H groups in total. The lowest BCUT2D eigenvalue weighted by Crippen LogP contribution is -2.32. The Bertz CT molecular complexity index is 671. The Labute approximate surface area is 120 Å². The molecule has 0 radical (unpaired) electrons. The molecule has 2 aromatic rings. The molecule has 0 amide bonds. The van der Waals surface area contributed by atoms with Gasteiger partial charge in [-0.05, 0) is 18.2 Å². The van der Waals surface area contributed by atoms with Crippen LogP contribution in [0.2, 0.25) is 0 Å². The molecule has 2 rings (SSSR count). The van der Waals surface area contributed by atoms with Crippen molar-refractivity contribution in [3.8, 4) is 0 Å². The molecule has 0 atom stereocenters. The maximum absolute atomic E-state index is 13.9. The summed E-state index contributed by atoms with van der Waals surface area (Å²) in [5.41, 5.74) is 0.707. The summed E-state index contributed by atoms with van der Waals surface area (Å²) < 4.78 is 29.6. The van der Waals surface area contributed by atoms with E-state index in [0.717, 1.165) is 0 Å². The van der Waals surface area contributed by atoms with Crippen LogP contribution in [-0.2, 0) is 4.57 Å². The summed E-state index contributed by atoms with van der Waals surface area (Å²) in [7, 11) is -2.81. The molecule has 0 aliphatic rings. The highest BCUT2D eigenvalue weighted by Gasteiger charge is 2.48. The minimum absolute atomic E-state index is 0.268. The molecule has 4 heteroatoms. The summed E-state index contributed by atoms with van der Waals surface area (Å²) in [6.45, 7) is 11.9. The fourth-order valence-corrected chi connectivity index (χ4v) is 7.05. The topological polar surface area (TPSA) is 22.0 Å². The van der Waals surface area contributed by atoms with E-state index in [2.05, 4.69) is 0 Å². The van der Waals surface area contributed by atoms with E-state index < -0.39 is 17.6 Å². The maximum atomic E-state index is 13.9. The summed E-state index contributed by atoms with van der Waals surface area (Å²) in [5.74, 6) is -0.268. The van der Waals surface area contributed by atoms with Crippen LogP contribution in [0.15, 0.2) is 30.5 Å². The number of rotatable bonds is 1. The molecule has 0 unspecified atom stereocenters. The van der Waals surface area contributed by atoms with Crippen LogP contribution in [0.4, 0.5) is 4.39 Å². The van der Waals surface area contributed by atoms with Crippen LogP contribution in [0.25, 0.3) is 10.9 Å². The van der Waals surface area contributed by atoms with Gasteiger partial charge in [0, 0.05) is 21.9 Å². The van der Waals surface area contributed by atoms with E-state index in [1.54, 1.807) is 18.3 Å². The molecular weight excluding hydrogens is 272 g/mol. The number of benzene rings is 1. The molecule has 0 bridgehead atoms. The SMILES string of the molecule is CC(C)(C)P(=O)(n1ccc2c(F)cccc21)C(C)(C)C. The first kappa shape index (κ1) is 15.3. The maximum Gasteiger partial charge on any atom is 0.186 e. The van der Waals surface area contributed by atoms with Crippen molar-refractivity contribution in [3.63, 3.8) is 0 Å². The second-order valence-corrected chi connectivity index (χ2v) is 11.5. The summed E-state index contributed by atoms with van der Waals surface area (Å²) in [6, 6.07) is 6.66. The zero-order valence-electron chi connectivity index (χ0n) is 13.1. The third-order valence-electron chi connectivity index (χ3n) is 3.78. The highest BCUT2D eigenvalue weighted by molar-refractivity contribution is 7.65. The highest BCUT2D eigenvalue weighted by Crippen LogP contribution is 2.68. The molecule has 0 saturated heterocycles. The second kappa shape index (κ2) is 4.46. The number of aromatic nitrogens is 1. The van der Waals surface area contributed by atoms with Gasteiger partial charge in [0.05, 0.1) is 5.52 Å². The van der Waals surface area contributed by atoms with Crippen molar-refractivity contribution < 1.29 is 8.96 Å². The van der Waals surface area contributed by atoms with Crippen molar-refractivity contribution in [2.24, 2.45) is 0 Å². The molecule has 0 aliphatic heterocycles. The predicted octanol–water partition coefficient (Wildman–Crippen LogP) is 5.50. The summed E-state index contributed by atoms with van der Waals surface area (Å²) >= 11 is 0. The molecule has 0 fully saturated rings. The first-order valence-corrected chi connectivity index (χ1v) is 8.53. The number of hydrogen-bond acceptors (Lipinski definition) is 1. The lowest BCUT2D eigenvalue weighted by atomic mass is 10.2. The zero-order chi connectivity index (χ0) is 15.3. The Kier molecular flexibility index (Phi) is 3.41. The van der Waals surface area contributed by atoms with E-state index in [9.17, 15) is 8.96 Å². The van der Waals surface area contributed by atoms with Crippen molar-refractivity contribution in [2.75, 3.05) is 0 Å². The van der Waals surface area contributed by atoms with Gasteiger partial charge in [0.25, 0.3) is 0 Å². The lowest BCUT2D eigenvalue weighted by Gasteiger charge is -2.42. The van der Waals surface area contributed by atoms with Gasteiger partial charge in [-0.25, -0.2) is 4.39 Å². The van der Waals surface area contributed by atoms with Gasteiger partial charge in [-0.3, -0.25) is 8.90 Å². The van der Waals surface area contributed by atoms with E-state index in [4.69, 9.17) is 0 Å². The van der Waals surface area contributed by atoms with E-state index >= 15 is 0 Å². The number of halogens is 1. The Morgan fingerprint density at radius 1 is 1.00 bits per heavy atom. The molecule has 0 spiro atoms. The molecule has 20 heavy (non-hydrogen) atoms. The third-order valence-corrected chi connectivity index (χ3v) is 8.37. The monoisotopic (exact) mass is 295 g/mol. The quantitative estimate of drug-likeness (QED) is 0.636. The first-order chi connectivity index (χ1) is 9.00. The molecule has 1 aromatic carbocycles. The fraction of sp³-hybridized carbons (Fsp3) is 0.500. The largest absolute Gasteiger partial charge is 0.299 e. The van der Waals surface area contributed by atoms with Gasteiger partial charge < -0.3 is 0 Å². The molecule has 1 aromatic heterocycles. The van der Waals surface area contributed by atoms with Crippen molar-refractivity contribution in [1.82, 2.24) is 4.34 Å². The Morgan fingerprint density at radius 2 is 1.55 bits per heavy atom. The third kappa shape index (κ3) is 2.03. The second-order valence-electron chi connectivity index (χ2n) is 7.25. The summed E-state index contributed by atoms with van der Waals surface area (Å²) in [6.07, 6.45) is 1.77. The van der Waals surface area contributed by atoms with Crippen LogP contribution < -0.4 is 0 Å². The Morgan fingerprint density at radius 3 is 2.05 bits per heavy atom. The smallest absolute Gasteiger partial charge is 0.186 e. The zero-order valence-corrected chi connectivity index (χ0v) is 14.0. The van der Waals surface area contributed by atoms with Crippen LogP contribution in [0, 0.1) is 5.82 Å². The van der Waals surface area contributed by atoms with Gasteiger partial charge in [-0.2, -0.15) is 0 Å². The number of fused-ring (bicyclic) bond motifs is 1. The van der Waals surface area contributed by atoms with E-state index in [-0.39, 0.29) is 5.82 Å².